The predicted octanol–water partition coefficient (Wildman–Crippen LogP) is 3.72. The van der Waals surface area contributed by atoms with Crippen LogP contribution >= 0.6 is 11.6 Å². The van der Waals surface area contributed by atoms with Crippen molar-refractivity contribution in [3.8, 4) is 22.9 Å². The number of nitriles is 1. The second-order valence-electron chi connectivity index (χ2n) is 3.44. The number of benzene rings is 2. The molecule has 0 aliphatic rings. The number of nitrogens with zero attached hydrogens (tertiary/aromatic N) is 1. The maximum absolute atomic E-state index is 13.7. The van der Waals surface area contributed by atoms with Gasteiger partial charge in [-0.2, -0.15) is 5.26 Å². The zero-order chi connectivity index (χ0) is 12.4. The van der Waals surface area contributed by atoms with E-state index in [9.17, 15) is 9.50 Å². The first kappa shape index (κ1) is 11.4. The van der Waals surface area contributed by atoms with E-state index >= 15 is 0 Å². The Morgan fingerprint density at radius 3 is 2.59 bits per heavy atom. The van der Waals surface area contributed by atoms with Gasteiger partial charge in [-0.05, 0) is 24.3 Å². The van der Waals surface area contributed by atoms with E-state index in [-0.39, 0.29) is 21.9 Å². The number of para-hydroxylation sites is 1. The molecule has 0 heterocycles. The molecule has 0 unspecified atom stereocenters. The smallest absolute Gasteiger partial charge is 0.142 e. The molecule has 0 aliphatic heterocycles. The molecule has 0 aliphatic carbocycles. The van der Waals surface area contributed by atoms with Crippen molar-refractivity contribution in [2.75, 3.05) is 0 Å². The summed E-state index contributed by atoms with van der Waals surface area (Å²) >= 11 is 5.75. The summed E-state index contributed by atoms with van der Waals surface area (Å²) in [6, 6.07) is 10.6. The van der Waals surface area contributed by atoms with Crippen LogP contribution in [0.1, 0.15) is 5.56 Å². The van der Waals surface area contributed by atoms with Gasteiger partial charge in [0.2, 0.25) is 0 Å². The highest BCUT2D eigenvalue weighted by atomic mass is 35.5. The number of halogens is 2. The van der Waals surface area contributed by atoms with Crippen LogP contribution in [0, 0.1) is 17.1 Å². The molecule has 0 saturated heterocycles. The van der Waals surface area contributed by atoms with Gasteiger partial charge in [-0.1, -0.05) is 23.7 Å². The van der Waals surface area contributed by atoms with E-state index in [0.29, 0.717) is 5.56 Å². The molecule has 0 radical (unpaired) electrons. The molecule has 1 N–H and O–H groups in total. The lowest BCUT2D eigenvalue weighted by Crippen LogP contribution is -1.87. The minimum absolute atomic E-state index is 0.159. The second-order valence-corrected chi connectivity index (χ2v) is 3.85. The normalized spacial score (nSPS) is 9.94. The number of hydrogen-bond donors (Lipinski definition) is 1. The Morgan fingerprint density at radius 2 is 1.94 bits per heavy atom. The number of rotatable bonds is 1. The number of hydrogen-bond acceptors (Lipinski definition) is 2. The SMILES string of the molecule is N#Cc1ccc(-c2cccc(Cl)c2O)c(F)c1. The summed E-state index contributed by atoms with van der Waals surface area (Å²) in [4.78, 5) is 0. The van der Waals surface area contributed by atoms with E-state index in [1.807, 2.05) is 6.07 Å². The van der Waals surface area contributed by atoms with Gasteiger partial charge in [0, 0.05) is 11.1 Å². The van der Waals surface area contributed by atoms with Crippen molar-refractivity contribution < 1.29 is 9.50 Å². The highest BCUT2D eigenvalue weighted by Gasteiger charge is 2.12. The van der Waals surface area contributed by atoms with Crippen LogP contribution in [-0.2, 0) is 0 Å². The third kappa shape index (κ3) is 2.08. The van der Waals surface area contributed by atoms with Crippen molar-refractivity contribution in [2.24, 2.45) is 0 Å². The predicted molar refractivity (Wildman–Crippen MR) is 63.2 cm³/mol. The molecule has 2 nitrogen and oxygen atoms in total. The van der Waals surface area contributed by atoms with Crippen molar-refractivity contribution >= 4 is 11.6 Å². The van der Waals surface area contributed by atoms with E-state index in [1.165, 1.54) is 18.2 Å². The van der Waals surface area contributed by atoms with Crippen LogP contribution in [0.15, 0.2) is 36.4 Å². The zero-order valence-electron chi connectivity index (χ0n) is 8.61. The Kier molecular flexibility index (Phi) is 2.99. The lowest BCUT2D eigenvalue weighted by atomic mass is 10.0. The Hall–Kier alpha value is -2.05. The maximum Gasteiger partial charge on any atom is 0.142 e. The van der Waals surface area contributed by atoms with Crippen LogP contribution in [0.25, 0.3) is 11.1 Å². The third-order valence-corrected chi connectivity index (χ3v) is 2.68. The van der Waals surface area contributed by atoms with Crippen molar-refractivity contribution in [3.63, 3.8) is 0 Å². The first-order valence-electron chi connectivity index (χ1n) is 4.81. The molecular formula is C13H7ClFNO. The van der Waals surface area contributed by atoms with E-state index in [1.54, 1.807) is 12.1 Å². The van der Waals surface area contributed by atoms with Gasteiger partial charge in [-0.15, -0.1) is 0 Å². The van der Waals surface area contributed by atoms with Gasteiger partial charge in [-0.3, -0.25) is 0 Å². The molecule has 0 amide bonds. The molecule has 0 fully saturated rings. The van der Waals surface area contributed by atoms with Gasteiger partial charge in [0.25, 0.3) is 0 Å². The van der Waals surface area contributed by atoms with Gasteiger partial charge in [0.05, 0.1) is 16.7 Å². The molecule has 0 saturated carbocycles. The summed E-state index contributed by atoms with van der Waals surface area (Å²) in [5.41, 5.74) is 0.747. The summed E-state index contributed by atoms with van der Waals surface area (Å²) in [6.45, 7) is 0. The fourth-order valence-electron chi connectivity index (χ4n) is 1.54. The van der Waals surface area contributed by atoms with Crippen molar-refractivity contribution in [1.29, 1.82) is 5.26 Å². The molecule has 2 rings (SSSR count). The standard InChI is InChI=1S/C13H7ClFNO/c14-11-3-1-2-10(13(11)17)9-5-4-8(7-16)6-12(9)15/h1-6,17H. The number of phenolic OH excluding ortho intramolecular Hbond substituents is 1. The Labute approximate surface area is 103 Å². The van der Waals surface area contributed by atoms with Gasteiger partial charge >= 0.3 is 0 Å². The number of phenols is 1. The number of aromatic hydroxyl groups is 1. The lowest BCUT2D eigenvalue weighted by molar-refractivity contribution is 0.477. The molecule has 0 atom stereocenters. The van der Waals surface area contributed by atoms with Crippen LogP contribution < -0.4 is 0 Å². The molecule has 2 aromatic carbocycles. The van der Waals surface area contributed by atoms with Gasteiger partial charge in [-0.25, -0.2) is 4.39 Å². The molecule has 4 heteroatoms. The largest absolute Gasteiger partial charge is 0.506 e. The third-order valence-electron chi connectivity index (χ3n) is 2.38. The first-order valence-corrected chi connectivity index (χ1v) is 5.19. The van der Waals surface area contributed by atoms with Crippen LogP contribution in [0.2, 0.25) is 5.02 Å². The Bertz CT molecular complexity index is 619. The Balaban J connectivity index is 2.62. The molecule has 17 heavy (non-hydrogen) atoms. The summed E-state index contributed by atoms with van der Waals surface area (Å²) in [6.07, 6.45) is 0. The molecular weight excluding hydrogens is 241 g/mol. The summed E-state index contributed by atoms with van der Waals surface area (Å²) in [7, 11) is 0. The topological polar surface area (TPSA) is 44.0 Å². The van der Waals surface area contributed by atoms with Gasteiger partial charge in [0.15, 0.2) is 0 Å². The molecule has 2 aromatic rings. The quantitative estimate of drug-likeness (QED) is 0.835. The lowest BCUT2D eigenvalue weighted by Gasteiger charge is -2.07. The van der Waals surface area contributed by atoms with Gasteiger partial charge in [0.1, 0.15) is 11.6 Å². The van der Waals surface area contributed by atoms with Gasteiger partial charge < -0.3 is 5.11 Å². The monoisotopic (exact) mass is 247 g/mol. The van der Waals surface area contributed by atoms with Crippen LogP contribution in [0.4, 0.5) is 4.39 Å². The average molecular weight is 248 g/mol. The van der Waals surface area contributed by atoms with E-state index in [2.05, 4.69) is 0 Å². The highest BCUT2D eigenvalue weighted by molar-refractivity contribution is 6.32. The molecule has 0 aromatic heterocycles. The van der Waals surface area contributed by atoms with E-state index in [0.717, 1.165) is 6.07 Å². The average Bonchev–Trinajstić information content (AvgIpc) is 2.33. The highest BCUT2D eigenvalue weighted by Crippen LogP contribution is 2.36. The van der Waals surface area contributed by atoms with Crippen LogP contribution in [0.5, 0.6) is 5.75 Å². The molecule has 0 spiro atoms. The second kappa shape index (κ2) is 4.44. The Morgan fingerprint density at radius 1 is 1.18 bits per heavy atom. The summed E-state index contributed by atoms with van der Waals surface area (Å²) in [5, 5.41) is 18.5. The van der Waals surface area contributed by atoms with Crippen molar-refractivity contribution in [1.82, 2.24) is 0 Å². The van der Waals surface area contributed by atoms with E-state index in [4.69, 9.17) is 16.9 Å². The van der Waals surface area contributed by atoms with E-state index < -0.39 is 5.82 Å². The maximum atomic E-state index is 13.7. The minimum Gasteiger partial charge on any atom is -0.506 e. The van der Waals surface area contributed by atoms with Crippen molar-refractivity contribution in [3.05, 3.63) is 52.8 Å². The zero-order valence-corrected chi connectivity index (χ0v) is 9.37. The minimum atomic E-state index is -0.568. The van der Waals surface area contributed by atoms with Crippen molar-refractivity contribution in [2.45, 2.75) is 0 Å². The fourth-order valence-corrected chi connectivity index (χ4v) is 1.71. The first-order chi connectivity index (χ1) is 8.13. The van der Waals surface area contributed by atoms with Crippen LogP contribution in [0.3, 0.4) is 0 Å². The summed E-state index contributed by atoms with van der Waals surface area (Å²) < 4.78 is 13.7. The molecule has 0 bridgehead atoms. The summed E-state index contributed by atoms with van der Waals surface area (Å²) in [5.74, 6) is -0.737. The molecule has 84 valence electrons. The van der Waals surface area contributed by atoms with Crippen LogP contribution in [-0.4, -0.2) is 5.11 Å². The fraction of sp³-hybridized carbons (Fsp3) is 0.